The van der Waals surface area contributed by atoms with Gasteiger partial charge in [0.2, 0.25) is 5.91 Å². The van der Waals surface area contributed by atoms with Crippen molar-refractivity contribution in [3.8, 4) is 0 Å². The van der Waals surface area contributed by atoms with Crippen LogP contribution in [0.1, 0.15) is 0 Å². The summed E-state index contributed by atoms with van der Waals surface area (Å²) in [5.74, 6) is 0.827. The Kier molecular flexibility index (Phi) is 4.89. The Morgan fingerprint density at radius 2 is 2.11 bits per heavy atom. The number of benzene rings is 1. The smallest absolute Gasteiger partial charge is 0.325 e. The molecule has 1 aliphatic rings. The van der Waals surface area contributed by atoms with E-state index in [1.807, 2.05) is 0 Å². The summed E-state index contributed by atoms with van der Waals surface area (Å²) in [6.45, 7) is 0. The fourth-order valence-corrected chi connectivity index (χ4v) is 2.37. The highest BCUT2D eigenvalue weighted by Crippen LogP contribution is 2.14. The van der Waals surface area contributed by atoms with E-state index in [-0.39, 0.29) is 18.1 Å². The van der Waals surface area contributed by atoms with E-state index in [0.29, 0.717) is 22.2 Å². The normalized spacial score (nSPS) is 17.7. The van der Waals surface area contributed by atoms with E-state index in [4.69, 9.17) is 11.6 Å². The summed E-state index contributed by atoms with van der Waals surface area (Å²) >= 11 is 7.18. The van der Waals surface area contributed by atoms with Gasteiger partial charge in [-0.2, -0.15) is 0 Å². The first-order valence-corrected chi connectivity index (χ1v) is 7.12. The Morgan fingerprint density at radius 3 is 2.74 bits per heavy atom. The Labute approximate surface area is 119 Å². The van der Waals surface area contributed by atoms with Crippen molar-refractivity contribution in [3.05, 3.63) is 29.3 Å². The van der Waals surface area contributed by atoms with Crippen molar-refractivity contribution >= 4 is 41.0 Å². The van der Waals surface area contributed by atoms with Gasteiger partial charge in [-0.3, -0.25) is 10.2 Å². The van der Waals surface area contributed by atoms with E-state index in [2.05, 4.69) is 21.5 Å². The number of nitrogens with one attached hydrogen (secondary N) is 4. The molecular weight excluding hydrogens is 288 g/mol. The lowest BCUT2D eigenvalue weighted by atomic mass is 10.3. The zero-order chi connectivity index (χ0) is 13.7. The number of urea groups is 1. The molecule has 1 atom stereocenters. The molecule has 4 N–H and O–H groups in total. The van der Waals surface area contributed by atoms with Gasteiger partial charge in [0.1, 0.15) is 6.17 Å². The van der Waals surface area contributed by atoms with Crippen molar-refractivity contribution in [2.24, 2.45) is 0 Å². The summed E-state index contributed by atoms with van der Waals surface area (Å²) in [6.07, 6.45) is -0.152. The molecule has 1 aliphatic heterocycles. The molecule has 2 rings (SSSR count). The van der Waals surface area contributed by atoms with Gasteiger partial charge in [-0.25, -0.2) is 10.2 Å². The van der Waals surface area contributed by atoms with E-state index in [9.17, 15) is 9.59 Å². The van der Waals surface area contributed by atoms with Crippen LogP contribution in [0.2, 0.25) is 5.02 Å². The molecule has 102 valence electrons. The first kappa shape index (κ1) is 14.0. The van der Waals surface area contributed by atoms with Crippen molar-refractivity contribution in [1.29, 1.82) is 0 Å². The molecule has 1 fully saturated rings. The van der Waals surface area contributed by atoms with Gasteiger partial charge >= 0.3 is 6.03 Å². The molecule has 1 aromatic rings. The third-order valence-electron chi connectivity index (χ3n) is 2.31. The molecule has 1 unspecified atom stereocenters. The van der Waals surface area contributed by atoms with Crippen molar-refractivity contribution in [3.63, 3.8) is 0 Å². The predicted molar refractivity (Wildman–Crippen MR) is 76.0 cm³/mol. The molecule has 0 saturated carbocycles. The zero-order valence-electron chi connectivity index (χ0n) is 9.90. The van der Waals surface area contributed by atoms with Crippen molar-refractivity contribution in [2.75, 3.05) is 16.8 Å². The molecule has 19 heavy (non-hydrogen) atoms. The van der Waals surface area contributed by atoms with Crippen LogP contribution in [0.4, 0.5) is 10.5 Å². The second kappa shape index (κ2) is 6.65. The maximum Gasteiger partial charge on any atom is 0.330 e. The maximum absolute atomic E-state index is 11.6. The monoisotopic (exact) mass is 300 g/mol. The van der Waals surface area contributed by atoms with Crippen molar-refractivity contribution < 1.29 is 9.59 Å². The number of carbonyl (C=O) groups is 2. The van der Waals surface area contributed by atoms with Crippen LogP contribution < -0.4 is 21.5 Å². The fourth-order valence-electron chi connectivity index (χ4n) is 1.47. The van der Waals surface area contributed by atoms with E-state index in [1.165, 1.54) is 11.8 Å². The van der Waals surface area contributed by atoms with Gasteiger partial charge in [-0.1, -0.05) is 11.6 Å². The molecule has 8 heteroatoms. The SMILES string of the molecule is O=C(CSCC1NNC(=O)N1)Nc1ccc(Cl)cc1. The van der Waals surface area contributed by atoms with Crippen LogP contribution in [0, 0.1) is 0 Å². The lowest BCUT2D eigenvalue weighted by Crippen LogP contribution is -2.36. The number of hydrogen-bond acceptors (Lipinski definition) is 4. The minimum atomic E-state index is -0.254. The molecule has 6 nitrogen and oxygen atoms in total. The largest absolute Gasteiger partial charge is 0.330 e. The first-order valence-electron chi connectivity index (χ1n) is 5.59. The third kappa shape index (κ3) is 4.62. The summed E-state index contributed by atoms with van der Waals surface area (Å²) in [4.78, 5) is 22.5. The zero-order valence-corrected chi connectivity index (χ0v) is 11.5. The van der Waals surface area contributed by atoms with E-state index >= 15 is 0 Å². The van der Waals surface area contributed by atoms with Gasteiger partial charge in [0, 0.05) is 16.5 Å². The van der Waals surface area contributed by atoms with Crippen LogP contribution in [-0.2, 0) is 4.79 Å². The van der Waals surface area contributed by atoms with E-state index in [1.54, 1.807) is 24.3 Å². The number of amides is 3. The molecule has 0 radical (unpaired) electrons. The molecule has 1 aromatic carbocycles. The Morgan fingerprint density at radius 1 is 1.37 bits per heavy atom. The highest BCUT2D eigenvalue weighted by atomic mass is 35.5. The van der Waals surface area contributed by atoms with Crippen LogP contribution in [0.3, 0.4) is 0 Å². The topological polar surface area (TPSA) is 82.3 Å². The van der Waals surface area contributed by atoms with Crippen molar-refractivity contribution in [2.45, 2.75) is 6.17 Å². The number of rotatable bonds is 5. The second-order valence-corrected chi connectivity index (χ2v) is 5.33. The Balaban J connectivity index is 1.67. The highest BCUT2D eigenvalue weighted by Gasteiger charge is 2.18. The van der Waals surface area contributed by atoms with Gasteiger partial charge in [0.05, 0.1) is 5.75 Å². The van der Waals surface area contributed by atoms with Gasteiger partial charge in [-0.05, 0) is 24.3 Å². The molecule has 1 heterocycles. The summed E-state index contributed by atoms with van der Waals surface area (Å²) in [7, 11) is 0. The molecule has 0 spiro atoms. The predicted octanol–water partition coefficient (Wildman–Crippen LogP) is 1.16. The summed E-state index contributed by atoms with van der Waals surface area (Å²) in [5, 5.41) is 6.04. The standard InChI is InChI=1S/C11H13ClN4O2S/c12-7-1-3-8(4-2-7)13-10(17)6-19-5-9-14-11(18)16-15-9/h1-4,9,15H,5-6H2,(H,13,17)(H2,14,16,18). The molecule has 3 amide bonds. The molecule has 0 bridgehead atoms. The molecular formula is C11H13ClN4O2S. The van der Waals surface area contributed by atoms with Gasteiger partial charge in [0.25, 0.3) is 0 Å². The minimum Gasteiger partial charge on any atom is -0.325 e. The number of hydrogen-bond donors (Lipinski definition) is 4. The van der Waals surface area contributed by atoms with Crippen LogP contribution in [0.5, 0.6) is 0 Å². The Bertz CT molecular complexity index is 468. The lowest BCUT2D eigenvalue weighted by molar-refractivity contribution is -0.113. The summed E-state index contributed by atoms with van der Waals surface area (Å²) in [5.41, 5.74) is 5.90. The van der Waals surface area contributed by atoms with Crippen LogP contribution in [-0.4, -0.2) is 29.6 Å². The van der Waals surface area contributed by atoms with Crippen LogP contribution >= 0.6 is 23.4 Å². The maximum atomic E-state index is 11.6. The van der Waals surface area contributed by atoms with E-state index < -0.39 is 0 Å². The number of halogens is 1. The average Bonchev–Trinajstić information content (AvgIpc) is 2.78. The third-order valence-corrected chi connectivity index (χ3v) is 3.60. The van der Waals surface area contributed by atoms with Crippen molar-refractivity contribution in [1.82, 2.24) is 16.2 Å². The van der Waals surface area contributed by atoms with Gasteiger partial charge in [0.15, 0.2) is 0 Å². The lowest BCUT2D eigenvalue weighted by Gasteiger charge is -2.09. The number of carbonyl (C=O) groups excluding carboxylic acids is 2. The molecule has 1 saturated heterocycles. The first-order chi connectivity index (χ1) is 9.13. The van der Waals surface area contributed by atoms with E-state index in [0.717, 1.165) is 0 Å². The molecule has 0 aromatic heterocycles. The number of thioether (sulfide) groups is 1. The number of anilines is 1. The van der Waals surface area contributed by atoms with Gasteiger partial charge in [-0.15, -0.1) is 11.8 Å². The summed E-state index contributed by atoms with van der Waals surface area (Å²) in [6, 6.07) is 6.67. The van der Waals surface area contributed by atoms with Crippen LogP contribution in [0.15, 0.2) is 24.3 Å². The second-order valence-electron chi connectivity index (χ2n) is 3.87. The Hall–Kier alpha value is -1.44. The highest BCUT2D eigenvalue weighted by molar-refractivity contribution is 8.00. The fraction of sp³-hybridized carbons (Fsp3) is 0.273. The quantitative estimate of drug-likeness (QED) is 0.657. The average molecular weight is 301 g/mol. The number of hydrazine groups is 1. The minimum absolute atomic E-state index is 0.0930. The molecule has 0 aliphatic carbocycles. The van der Waals surface area contributed by atoms with Crippen LogP contribution in [0.25, 0.3) is 0 Å². The summed E-state index contributed by atoms with van der Waals surface area (Å²) < 4.78 is 0. The van der Waals surface area contributed by atoms with Gasteiger partial charge < -0.3 is 10.6 Å².